The molecule has 0 radical (unpaired) electrons. The van der Waals surface area contributed by atoms with Crippen LogP contribution in [0.4, 0.5) is 0 Å². The molecule has 274 valence electrons. The topological polar surface area (TPSA) is 26.3 Å². The summed E-state index contributed by atoms with van der Waals surface area (Å²) in [5, 5.41) is 36.6. The van der Waals surface area contributed by atoms with Crippen molar-refractivity contribution in [2.75, 3.05) is 6.61 Å². The number of ether oxygens (including phenoxy) is 1. The van der Waals surface area contributed by atoms with Crippen LogP contribution in [0, 0.1) is 0 Å². The van der Waals surface area contributed by atoms with Gasteiger partial charge in [-0.2, -0.15) is 11.3 Å². The van der Waals surface area contributed by atoms with Gasteiger partial charge in [-0.15, -0.1) is 0 Å². The normalized spacial score (nSPS) is 24.6. The van der Waals surface area contributed by atoms with Crippen molar-refractivity contribution in [2.45, 2.75) is 74.0 Å². The molecular formula is C56H32O2S. The molecule has 1 spiro atoms. The number of carbonyl (C=O) groups excluding carboxylic acids is 1. The molecule has 0 aliphatic heterocycles. The van der Waals surface area contributed by atoms with Crippen molar-refractivity contribution in [3.8, 4) is 0 Å². The third-order valence-electron chi connectivity index (χ3n) is 18.3. The molecule has 0 amide bonds. The van der Waals surface area contributed by atoms with Crippen LogP contribution >= 0.6 is 11.3 Å². The van der Waals surface area contributed by atoms with Gasteiger partial charge in [0.25, 0.3) is 0 Å². The summed E-state index contributed by atoms with van der Waals surface area (Å²) in [5.74, 6) is 0.854. The third kappa shape index (κ3) is 2.49. The highest BCUT2D eigenvalue weighted by atomic mass is 32.1. The number of thiophene rings is 1. The van der Waals surface area contributed by atoms with Crippen molar-refractivity contribution in [2.24, 2.45) is 0 Å². The molecule has 0 saturated heterocycles. The minimum Gasteiger partial charge on any atom is -0.465 e. The monoisotopic (exact) mass is 768 g/mol. The summed E-state index contributed by atoms with van der Waals surface area (Å²) in [6.45, 7) is 0.456. The van der Waals surface area contributed by atoms with Crippen LogP contribution in [-0.2, 0) is 46.0 Å². The van der Waals surface area contributed by atoms with Crippen LogP contribution in [0.3, 0.4) is 0 Å². The van der Waals surface area contributed by atoms with E-state index in [1.54, 1.807) is 158 Å². The van der Waals surface area contributed by atoms with E-state index in [2.05, 4.69) is 71.4 Å². The second-order valence-electron chi connectivity index (χ2n) is 20.2. The number of hydrogen-bond donors (Lipinski definition) is 0. The first-order chi connectivity index (χ1) is 29.2. The molecule has 19 rings (SSSR count). The molecule has 1 saturated carbocycles. The molecule has 2 nitrogen and oxygen atoms in total. The van der Waals surface area contributed by atoms with Gasteiger partial charge in [-0.1, -0.05) is 60.2 Å². The highest BCUT2D eigenvalue weighted by Crippen LogP contribution is 2.84. The van der Waals surface area contributed by atoms with Crippen LogP contribution in [0.25, 0.3) is 109 Å². The predicted molar refractivity (Wildman–Crippen MR) is 241 cm³/mol. The molecule has 59 heavy (non-hydrogen) atoms. The first-order valence-electron chi connectivity index (χ1n) is 22.2. The van der Waals surface area contributed by atoms with E-state index in [4.69, 9.17) is 4.74 Å². The molecule has 12 aromatic rings. The van der Waals surface area contributed by atoms with Crippen molar-refractivity contribution in [1.82, 2.24) is 0 Å². The van der Waals surface area contributed by atoms with Gasteiger partial charge in [0.1, 0.15) is 0 Å². The van der Waals surface area contributed by atoms with Crippen LogP contribution < -0.4 is 10.4 Å². The predicted octanol–water partition coefficient (Wildman–Crippen LogP) is 11.4. The molecule has 1 aromatic heterocycles. The number of fused-ring (bicyclic) bond motifs is 1. The Morgan fingerprint density at radius 1 is 0.695 bits per heavy atom. The van der Waals surface area contributed by atoms with Crippen molar-refractivity contribution in [1.29, 1.82) is 0 Å². The second-order valence-corrected chi connectivity index (χ2v) is 20.9. The quantitative estimate of drug-likeness (QED) is 0.114. The lowest BCUT2D eigenvalue weighted by Crippen LogP contribution is -2.20. The summed E-state index contributed by atoms with van der Waals surface area (Å²) in [6, 6.07) is 21.8. The van der Waals surface area contributed by atoms with Crippen LogP contribution in [0.15, 0.2) is 65.4 Å². The van der Waals surface area contributed by atoms with E-state index >= 15 is 0 Å². The Balaban J connectivity index is 0.967. The van der Waals surface area contributed by atoms with Crippen LogP contribution in [0.2, 0.25) is 0 Å². The fourth-order valence-electron chi connectivity index (χ4n) is 17.1. The minimum absolute atomic E-state index is 0.0561. The fraction of sp³-hybridized carbons (Fsp3) is 0.232. The van der Waals surface area contributed by atoms with Gasteiger partial charge in [0, 0.05) is 29.6 Å². The van der Waals surface area contributed by atoms with Gasteiger partial charge in [0.2, 0.25) is 0 Å². The van der Waals surface area contributed by atoms with Crippen molar-refractivity contribution in [3.63, 3.8) is 0 Å². The Morgan fingerprint density at radius 2 is 1.42 bits per heavy atom. The van der Waals surface area contributed by atoms with Gasteiger partial charge in [0.15, 0.2) is 0 Å². The van der Waals surface area contributed by atoms with Gasteiger partial charge in [-0.25, -0.2) is 0 Å². The third-order valence-corrected chi connectivity index (χ3v) is 19.1. The van der Waals surface area contributed by atoms with E-state index in [0.29, 0.717) is 24.9 Å². The summed E-state index contributed by atoms with van der Waals surface area (Å²) >= 11 is 1.70. The SMILES string of the molecule is O=C(CCCC1(c2ccccc2)C2c3cc4c5c6c(cc7c8c9c%10c%11c%12c%13c(cc%14c%15c(c%16c3c5c3c%16c(c%15%13)c%12c9c3c68)C21C=%14)CC%11CC=%10C7)C4)OCCc1ccsc1. The Hall–Kier alpha value is -5.77. The molecule has 1 fully saturated rings. The van der Waals surface area contributed by atoms with E-state index in [1.165, 1.54) is 22.8 Å². The van der Waals surface area contributed by atoms with Crippen LogP contribution in [0.1, 0.15) is 87.6 Å². The maximum absolute atomic E-state index is 13.5. The molecule has 0 bridgehead atoms. The lowest BCUT2D eigenvalue weighted by atomic mass is 9.77. The molecule has 1 heterocycles. The van der Waals surface area contributed by atoms with Gasteiger partial charge < -0.3 is 4.74 Å². The number of hydrogen-bond acceptors (Lipinski definition) is 3. The van der Waals surface area contributed by atoms with Gasteiger partial charge >= 0.3 is 5.97 Å². The lowest BCUT2D eigenvalue weighted by molar-refractivity contribution is -0.143. The van der Waals surface area contributed by atoms with Crippen molar-refractivity contribution in [3.05, 3.63) is 126 Å². The highest BCUT2D eigenvalue weighted by molar-refractivity contribution is 7.08. The van der Waals surface area contributed by atoms with Gasteiger partial charge in [0.05, 0.1) is 6.61 Å². The number of carbonyl (C=O) groups is 1. The average Bonchev–Trinajstić information content (AvgIpc) is 4.03. The molecule has 0 N–H and O–H groups in total. The molecular weight excluding hydrogens is 737 g/mol. The van der Waals surface area contributed by atoms with Crippen LogP contribution in [-0.4, -0.2) is 12.6 Å². The average molecular weight is 769 g/mol. The number of benzene rings is 8. The summed E-state index contributed by atoms with van der Waals surface area (Å²) < 4.78 is 5.90. The van der Waals surface area contributed by atoms with Crippen molar-refractivity contribution >= 4 is 126 Å². The zero-order valence-corrected chi connectivity index (χ0v) is 33.0. The Labute approximate surface area is 340 Å². The highest BCUT2D eigenvalue weighted by Gasteiger charge is 2.79. The molecule has 4 atom stereocenters. The van der Waals surface area contributed by atoms with Crippen LogP contribution in [0.5, 0.6) is 0 Å². The standard InChI is InChI=1S/C56H32O2S/c57-32(58-11-8-22-9-12-59-21-22)7-4-10-55(30-5-2-1-3-6-30)54-31-19-28-17-25-15-26-14-23-13-24-16-27-18-29-20-56(54,55)53-39(29)44-38(27)43-34(24)33(23)41-37(26)42-35(25)36(28)45-40(31)52(53)51-49(44)47(43)46(41)48(42)50(45)51/h1-3,5-6,9,12,15,18-21,24,54H,4,7-8,10-11,13-14,16-17H2. The first-order valence-corrected chi connectivity index (χ1v) is 23.1. The lowest BCUT2D eigenvalue weighted by Gasteiger charge is -2.25. The zero-order chi connectivity index (χ0) is 37.3. The summed E-state index contributed by atoms with van der Waals surface area (Å²) in [5.41, 5.74) is 15.5. The molecule has 11 aromatic carbocycles. The largest absolute Gasteiger partial charge is 0.465 e. The molecule has 7 aliphatic carbocycles. The second kappa shape index (κ2) is 8.34. The first kappa shape index (κ1) is 28.6. The molecule has 7 aliphatic rings. The minimum atomic E-state index is -0.154. The Morgan fingerprint density at radius 3 is 2.29 bits per heavy atom. The van der Waals surface area contributed by atoms with E-state index in [9.17, 15) is 4.79 Å². The van der Waals surface area contributed by atoms with E-state index in [0.717, 1.165) is 38.5 Å². The summed E-state index contributed by atoms with van der Waals surface area (Å²) in [4.78, 5) is 13.5. The van der Waals surface area contributed by atoms with E-state index in [-0.39, 0.29) is 16.8 Å². The summed E-state index contributed by atoms with van der Waals surface area (Å²) in [7, 11) is 0. The zero-order valence-electron chi connectivity index (χ0n) is 32.2. The summed E-state index contributed by atoms with van der Waals surface area (Å²) in [6.07, 6.45) is 10.4. The van der Waals surface area contributed by atoms with Gasteiger partial charge in [-0.3, -0.25) is 4.79 Å². The maximum atomic E-state index is 13.5. The fourth-order valence-corrected chi connectivity index (χ4v) is 17.8. The van der Waals surface area contributed by atoms with E-state index < -0.39 is 0 Å². The Bertz CT molecular complexity index is 4210. The number of rotatable bonds is 8. The maximum Gasteiger partial charge on any atom is 0.305 e. The number of esters is 1. The van der Waals surface area contributed by atoms with Crippen molar-refractivity contribution < 1.29 is 9.53 Å². The smallest absolute Gasteiger partial charge is 0.305 e. The molecule has 4 unspecified atom stereocenters. The Kier molecular flexibility index (Phi) is 4.04. The van der Waals surface area contributed by atoms with E-state index in [1.807, 2.05) is 0 Å². The van der Waals surface area contributed by atoms with Gasteiger partial charge in [-0.05, 0) is 219 Å². The molecule has 3 heteroatoms.